The van der Waals surface area contributed by atoms with Gasteiger partial charge in [0.15, 0.2) is 0 Å². The second-order valence-electron chi connectivity index (χ2n) is 5.47. The SMILES string of the molecule is Cc1noc(C)c1CN1C(=O)C[C@@H](C(=O)O)[C@@H]1c1ccsc1. The fraction of sp³-hybridized carbons (Fsp3) is 0.400. The molecule has 0 unspecified atom stereocenters. The van der Waals surface area contributed by atoms with Crippen LogP contribution in [0.2, 0.25) is 0 Å². The number of aryl methyl sites for hydroxylation is 2. The zero-order valence-corrected chi connectivity index (χ0v) is 13.1. The molecule has 116 valence electrons. The van der Waals surface area contributed by atoms with Crippen LogP contribution in [-0.2, 0) is 16.1 Å². The van der Waals surface area contributed by atoms with E-state index in [-0.39, 0.29) is 12.3 Å². The summed E-state index contributed by atoms with van der Waals surface area (Å²) in [7, 11) is 0. The lowest BCUT2D eigenvalue weighted by Gasteiger charge is -2.26. The molecular weight excluding hydrogens is 304 g/mol. The molecule has 3 rings (SSSR count). The average molecular weight is 320 g/mol. The highest BCUT2D eigenvalue weighted by atomic mass is 32.1. The van der Waals surface area contributed by atoms with Crippen LogP contribution in [-0.4, -0.2) is 27.0 Å². The van der Waals surface area contributed by atoms with Gasteiger partial charge in [0, 0.05) is 12.0 Å². The van der Waals surface area contributed by atoms with E-state index in [4.69, 9.17) is 4.52 Å². The number of rotatable bonds is 4. The first-order valence-corrected chi connectivity index (χ1v) is 7.89. The summed E-state index contributed by atoms with van der Waals surface area (Å²) in [5.41, 5.74) is 2.45. The average Bonchev–Trinajstić information content (AvgIpc) is 3.15. The van der Waals surface area contributed by atoms with Gasteiger partial charge in [0.05, 0.1) is 24.2 Å². The molecule has 7 heteroatoms. The maximum atomic E-state index is 12.4. The lowest BCUT2D eigenvalue weighted by molar-refractivity contribution is -0.142. The van der Waals surface area contributed by atoms with E-state index < -0.39 is 17.9 Å². The fourth-order valence-corrected chi connectivity index (χ4v) is 3.64. The Balaban J connectivity index is 1.97. The number of aromatic nitrogens is 1. The van der Waals surface area contributed by atoms with Crippen molar-refractivity contribution in [2.45, 2.75) is 32.9 Å². The summed E-state index contributed by atoms with van der Waals surface area (Å²) in [6, 6.07) is 1.44. The Bertz CT molecular complexity index is 688. The van der Waals surface area contributed by atoms with Crippen LogP contribution in [0.1, 0.15) is 35.0 Å². The number of carbonyl (C=O) groups is 2. The molecule has 0 radical (unpaired) electrons. The molecule has 1 amide bonds. The molecule has 1 saturated heterocycles. The number of amides is 1. The number of carbonyl (C=O) groups excluding carboxylic acids is 1. The van der Waals surface area contributed by atoms with Crippen molar-refractivity contribution in [2.75, 3.05) is 0 Å². The zero-order valence-electron chi connectivity index (χ0n) is 12.3. The monoisotopic (exact) mass is 320 g/mol. The van der Waals surface area contributed by atoms with Crippen molar-refractivity contribution in [3.63, 3.8) is 0 Å². The Morgan fingerprint density at radius 1 is 1.55 bits per heavy atom. The lowest BCUT2D eigenvalue weighted by atomic mass is 9.95. The van der Waals surface area contributed by atoms with Gasteiger partial charge < -0.3 is 14.5 Å². The number of carboxylic acid groups (broad SMARTS) is 1. The van der Waals surface area contributed by atoms with Gasteiger partial charge in [0.1, 0.15) is 5.76 Å². The van der Waals surface area contributed by atoms with Crippen molar-refractivity contribution >= 4 is 23.2 Å². The molecule has 0 bridgehead atoms. The third-order valence-corrected chi connectivity index (χ3v) is 4.84. The molecule has 1 fully saturated rings. The van der Waals surface area contributed by atoms with E-state index in [1.54, 1.807) is 11.8 Å². The van der Waals surface area contributed by atoms with Crippen molar-refractivity contribution in [3.05, 3.63) is 39.4 Å². The minimum atomic E-state index is -0.939. The number of hydrogen-bond donors (Lipinski definition) is 1. The van der Waals surface area contributed by atoms with Gasteiger partial charge in [0.2, 0.25) is 5.91 Å². The topological polar surface area (TPSA) is 83.6 Å². The van der Waals surface area contributed by atoms with Crippen LogP contribution in [0.5, 0.6) is 0 Å². The van der Waals surface area contributed by atoms with E-state index >= 15 is 0 Å². The molecule has 1 aliphatic heterocycles. The van der Waals surface area contributed by atoms with Crippen LogP contribution in [0.3, 0.4) is 0 Å². The molecule has 1 aliphatic rings. The van der Waals surface area contributed by atoms with E-state index in [1.165, 1.54) is 11.3 Å². The Kier molecular flexibility index (Phi) is 3.74. The molecule has 6 nitrogen and oxygen atoms in total. The Labute approximate surface area is 131 Å². The van der Waals surface area contributed by atoms with Gasteiger partial charge in [-0.3, -0.25) is 9.59 Å². The maximum absolute atomic E-state index is 12.4. The highest BCUT2D eigenvalue weighted by molar-refractivity contribution is 7.08. The first-order valence-electron chi connectivity index (χ1n) is 6.95. The standard InChI is InChI=1S/C15H16N2O4S/c1-8-12(9(2)21-16-8)6-17-13(18)5-11(15(19)20)14(17)10-3-4-22-7-10/h3-4,7,11,14H,5-6H2,1-2H3,(H,19,20)/t11-,14+/m1/s1. The van der Waals surface area contributed by atoms with Gasteiger partial charge in [-0.25, -0.2) is 0 Å². The van der Waals surface area contributed by atoms with E-state index in [9.17, 15) is 14.7 Å². The van der Waals surface area contributed by atoms with Gasteiger partial charge >= 0.3 is 5.97 Å². The largest absolute Gasteiger partial charge is 0.481 e. The normalized spacial score (nSPS) is 21.5. The predicted molar refractivity (Wildman–Crippen MR) is 79.3 cm³/mol. The molecule has 0 saturated carbocycles. The molecule has 2 aromatic rings. The van der Waals surface area contributed by atoms with E-state index in [0.29, 0.717) is 12.3 Å². The second kappa shape index (κ2) is 5.57. The Hall–Kier alpha value is -2.15. The third-order valence-electron chi connectivity index (χ3n) is 4.14. The van der Waals surface area contributed by atoms with E-state index in [1.807, 2.05) is 23.8 Å². The van der Waals surface area contributed by atoms with Crippen LogP contribution in [0.15, 0.2) is 21.3 Å². The van der Waals surface area contributed by atoms with E-state index in [0.717, 1.165) is 16.8 Å². The second-order valence-corrected chi connectivity index (χ2v) is 6.25. The van der Waals surface area contributed by atoms with Crippen molar-refractivity contribution in [3.8, 4) is 0 Å². The van der Waals surface area contributed by atoms with Crippen LogP contribution >= 0.6 is 11.3 Å². The first-order chi connectivity index (χ1) is 10.5. The molecule has 0 aromatic carbocycles. The van der Waals surface area contributed by atoms with Crippen molar-refractivity contribution in [1.29, 1.82) is 0 Å². The molecule has 3 heterocycles. The predicted octanol–water partition coefficient (Wildman–Crippen LogP) is 2.53. The lowest BCUT2D eigenvalue weighted by Crippen LogP contribution is -2.30. The molecule has 0 aliphatic carbocycles. The van der Waals surface area contributed by atoms with Gasteiger partial charge in [-0.05, 0) is 36.2 Å². The zero-order chi connectivity index (χ0) is 15.9. The minimum Gasteiger partial charge on any atom is -0.481 e. The quantitative estimate of drug-likeness (QED) is 0.936. The summed E-state index contributed by atoms with van der Waals surface area (Å²) in [5.74, 6) is -1.15. The van der Waals surface area contributed by atoms with Crippen LogP contribution in [0.25, 0.3) is 0 Å². The van der Waals surface area contributed by atoms with Gasteiger partial charge in [-0.1, -0.05) is 5.16 Å². The van der Waals surface area contributed by atoms with E-state index in [2.05, 4.69) is 5.16 Å². The molecule has 2 aromatic heterocycles. The smallest absolute Gasteiger partial charge is 0.309 e. The maximum Gasteiger partial charge on any atom is 0.309 e. The number of carboxylic acids is 1. The Morgan fingerprint density at radius 2 is 2.32 bits per heavy atom. The number of hydrogen-bond acceptors (Lipinski definition) is 5. The summed E-state index contributed by atoms with van der Waals surface area (Å²) >= 11 is 1.50. The van der Waals surface area contributed by atoms with Gasteiger partial charge in [-0.15, -0.1) is 0 Å². The number of thiophene rings is 1. The van der Waals surface area contributed by atoms with Crippen LogP contribution in [0, 0.1) is 19.8 Å². The fourth-order valence-electron chi connectivity index (χ4n) is 2.95. The minimum absolute atomic E-state index is 0.0270. The van der Waals surface area contributed by atoms with Crippen LogP contribution in [0.4, 0.5) is 0 Å². The highest BCUT2D eigenvalue weighted by Gasteiger charge is 2.45. The highest BCUT2D eigenvalue weighted by Crippen LogP contribution is 2.40. The summed E-state index contributed by atoms with van der Waals surface area (Å²) in [6.45, 7) is 3.94. The third kappa shape index (κ3) is 2.41. The van der Waals surface area contributed by atoms with Gasteiger partial charge in [-0.2, -0.15) is 11.3 Å². The van der Waals surface area contributed by atoms with Crippen molar-refractivity contribution < 1.29 is 19.2 Å². The number of nitrogens with zero attached hydrogens (tertiary/aromatic N) is 2. The molecule has 2 atom stereocenters. The van der Waals surface area contributed by atoms with Crippen LogP contribution < -0.4 is 0 Å². The molecule has 1 N–H and O–H groups in total. The Morgan fingerprint density at radius 3 is 2.86 bits per heavy atom. The first kappa shape index (κ1) is 14.8. The van der Waals surface area contributed by atoms with Crippen molar-refractivity contribution in [1.82, 2.24) is 10.1 Å². The summed E-state index contributed by atoms with van der Waals surface area (Å²) in [6.07, 6.45) is 0.0270. The van der Waals surface area contributed by atoms with Crippen molar-refractivity contribution in [2.24, 2.45) is 5.92 Å². The number of likely N-dealkylation sites (tertiary alicyclic amines) is 1. The summed E-state index contributed by atoms with van der Waals surface area (Å²) in [5, 5.41) is 17.1. The summed E-state index contributed by atoms with van der Waals surface area (Å²) in [4.78, 5) is 25.5. The number of aliphatic carboxylic acids is 1. The molecular formula is C15H16N2O4S. The summed E-state index contributed by atoms with van der Waals surface area (Å²) < 4.78 is 5.14. The molecule has 0 spiro atoms. The van der Waals surface area contributed by atoms with Gasteiger partial charge in [0.25, 0.3) is 0 Å². The molecule has 22 heavy (non-hydrogen) atoms.